The highest BCUT2D eigenvalue weighted by Crippen LogP contribution is 2.25. The first-order valence-electron chi connectivity index (χ1n) is 8.60. The molecule has 1 aliphatic rings. The summed E-state index contributed by atoms with van der Waals surface area (Å²) in [5.41, 5.74) is 1.77. The van der Waals surface area contributed by atoms with Gasteiger partial charge in [0.25, 0.3) is 0 Å². The Morgan fingerprint density at radius 2 is 1.76 bits per heavy atom. The lowest BCUT2D eigenvalue weighted by Gasteiger charge is -2.37. The molecular weight excluding hydrogens is 314 g/mol. The van der Waals surface area contributed by atoms with Crippen LogP contribution in [0.15, 0.2) is 54.6 Å². The molecule has 1 amide bonds. The van der Waals surface area contributed by atoms with E-state index in [0.29, 0.717) is 0 Å². The van der Waals surface area contributed by atoms with Gasteiger partial charge in [-0.15, -0.1) is 0 Å². The first kappa shape index (κ1) is 17.5. The van der Waals surface area contributed by atoms with Crippen LogP contribution in [0.1, 0.15) is 11.6 Å². The van der Waals surface area contributed by atoms with E-state index in [9.17, 15) is 4.79 Å². The number of carbonyl (C=O) groups excluding carboxylic acids is 1. The number of amides is 1. The van der Waals surface area contributed by atoms with Gasteiger partial charge in [0.15, 0.2) is 0 Å². The molecule has 1 saturated heterocycles. The number of hydrogen-bond donors (Lipinski definition) is 1. The molecule has 5 heteroatoms. The third kappa shape index (κ3) is 4.38. The summed E-state index contributed by atoms with van der Waals surface area (Å²) in [7, 11) is 3.74. The maximum atomic E-state index is 13.1. The quantitative estimate of drug-likeness (QED) is 0.910. The molecule has 2 aromatic carbocycles. The molecule has 1 atom stereocenters. The van der Waals surface area contributed by atoms with Crippen LogP contribution in [0.5, 0.6) is 5.75 Å². The first-order chi connectivity index (χ1) is 12.2. The predicted molar refractivity (Wildman–Crippen MR) is 99.9 cm³/mol. The van der Waals surface area contributed by atoms with E-state index in [0.717, 1.165) is 43.2 Å². The molecule has 0 saturated carbocycles. The lowest BCUT2D eigenvalue weighted by molar-refractivity contribution is -0.122. The highest BCUT2D eigenvalue weighted by molar-refractivity contribution is 5.95. The molecule has 1 aliphatic heterocycles. The number of rotatable bonds is 5. The monoisotopic (exact) mass is 339 g/mol. The SMILES string of the molecule is COc1cccc(NC(=O)[C@H](c2ccccc2)N2CCN(C)CC2)c1. The van der Waals surface area contributed by atoms with E-state index < -0.39 is 0 Å². The highest BCUT2D eigenvalue weighted by Gasteiger charge is 2.29. The van der Waals surface area contributed by atoms with Crippen molar-refractivity contribution in [2.75, 3.05) is 45.7 Å². The van der Waals surface area contributed by atoms with Crippen LogP contribution in [0.4, 0.5) is 5.69 Å². The minimum Gasteiger partial charge on any atom is -0.497 e. The minimum atomic E-state index is -0.291. The molecule has 1 fully saturated rings. The average Bonchev–Trinajstić information content (AvgIpc) is 2.64. The Hall–Kier alpha value is -2.37. The minimum absolute atomic E-state index is 0.0102. The van der Waals surface area contributed by atoms with Crippen molar-refractivity contribution in [2.45, 2.75) is 6.04 Å². The standard InChI is InChI=1S/C20H25N3O2/c1-22-11-13-23(14-12-22)19(16-7-4-3-5-8-16)20(24)21-17-9-6-10-18(15-17)25-2/h3-10,15,19H,11-14H2,1-2H3,(H,21,24)/t19-/m0/s1. The van der Waals surface area contributed by atoms with E-state index in [1.54, 1.807) is 7.11 Å². The van der Waals surface area contributed by atoms with Crippen LogP contribution >= 0.6 is 0 Å². The second-order valence-electron chi connectivity index (χ2n) is 6.37. The zero-order valence-electron chi connectivity index (χ0n) is 14.8. The normalized spacial score (nSPS) is 17.0. The number of benzene rings is 2. The van der Waals surface area contributed by atoms with Crippen LogP contribution in [0.3, 0.4) is 0 Å². The molecule has 0 aromatic heterocycles. The lowest BCUT2D eigenvalue weighted by Crippen LogP contribution is -2.48. The molecule has 5 nitrogen and oxygen atoms in total. The van der Waals surface area contributed by atoms with Crippen LogP contribution in [0.2, 0.25) is 0 Å². The molecule has 132 valence electrons. The third-order valence-corrected chi connectivity index (χ3v) is 4.60. The second-order valence-corrected chi connectivity index (χ2v) is 6.37. The molecule has 25 heavy (non-hydrogen) atoms. The number of hydrogen-bond acceptors (Lipinski definition) is 4. The Morgan fingerprint density at radius 1 is 1.04 bits per heavy atom. The van der Waals surface area contributed by atoms with Gasteiger partial charge in [0, 0.05) is 37.9 Å². The van der Waals surface area contributed by atoms with Gasteiger partial charge in [-0.3, -0.25) is 9.69 Å². The fourth-order valence-electron chi connectivity index (χ4n) is 3.15. The van der Waals surface area contributed by atoms with E-state index >= 15 is 0 Å². The first-order valence-corrected chi connectivity index (χ1v) is 8.60. The number of ether oxygens (including phenoxy) is 1. The van der Waals surface area contributed by atoms with Crippen molar-refractivity contribution >= 4 is 11.6 Å². The van der Waals surface area contributed by atoms with Crippen molar-refractivity contribution in [1.82, 2.24) is 9.80 Å². The summed E-state index contributed by atoms with van der Waals surface area (Å²) in [6.45, 7) is 3.69. The Morgan fingerprint density at radius 3 is 2.44 bits per heavy atom. The fourth-order valence-corrected chi connectivity index (χ4v) is 3.15. The summed E-state index contributed by atoms with van der Waals surface area (Å²) in [5, 5.41) is 3.05. The van der Waals surface area contributed by atoms with Gasteiger partial charge in [-0.1, -0.05) is 36.4 Å². The van der Waals surface area contributed by atoms with E-state index in [1.807, 2.05) is 54.6 Å². The molecule has 0 spiro atoms. The van der Waals surface area contributed by atoms with E-state index in [1.165, 1.54) is 0 Å². The maximum absolute atomic E-state index is 13.1. The van der Waals surface area contributed by atoms with E-state index in [4.69, 9.17) is 4.74 Å². The molecule has 1 N–H and O–H groups in total. The third-order valence-electron chi connectivity index (χ3n) is 4.60. The number of nitrogens with one attached hydrogen (secondary N) is 1. The highest BCUT2D eigenvalue weighted by atomic mass is 16.5. The molecule has 1 heterocycles. The Balaban J connectivity index is 1.82. The smallest absolute Gasteiger partial charge is 0.246 e. The van der Waals surface area contributed by atoms with Gasteiger partial charge in [0.2, 0.25) is 5.91 Å². The number of methoxy groups -OCH3 is 1. The number of nitrogens with zero attached hydrogens (tertiary/aromatic N) is 2. The predicted octanol–water partition coefficient (Wildman–Crippen LogP) is 2.62. The Labute approximate surface area is 149 Å². The summed E-state index contributed by atoms with van der Waals surface area (Å²) in [6.07, 6.45) is 0. The van der Waals surface area contributed by atoms with Crippen LogP contribution in [0, 0.1) is 0 Å². The van der Waals surface area contributed by atoms with Crippen molar-refractivity contribution in [3.8, 4) is 5.75 Å². The maximum Gasteiger partial charge on any atom is 0.246 e. The van der Waals surface area contributed by atoms with Gasteiger partial charge in [-0.25, -0.2) is 0 Å². The topological polar surface area (TPSA) is 44.8 Å². The molecule has 0 bridgehead atoms. The van der Waals surface area contributed by atoms with Gasteiger partial charge in [-0.2, -0.15) is 0 Å². The number of piperazine rings is 1. The zero-order chi connectivity index (χ0) is 17.6. The molecular formula is C20H25N3O2. The fraction of sp³-hybridized carbons (Fsp3) is 0.350. The van der Waals surface area contributed by atoms with Gasteiger partial charge >= 0.3 is 0 Å². The molecule has 0 aliphatic carbocycles. The van der Waals surface area contributed by atoms with Crippen molar-refractivity contribution in [1.29, 1.82) is 0 Å². The second kappa shape index (κ2) is 8.14. The van der Waals surface area contributed by atoms with Crippen LogP contribution < -0.4 is 10.1 Å². The summed E-state index contributed by atoms with van der Waals surface area (Å²) < 4.78 is 5.24. The van der Waals surface area contributed by atoms with Crippen LogP contribution in [0.25, 0.3) is 0 Å². The average molecular weight is 339 g/mol. The summed E-state index contributed by atoms with van der Waals surface area (Å²) >= 11 is 0. The molecule has 0 unspecified atom stereocenters. The van der Waals surface area contributed by atoms with Crippen molar-refractivity contribution in [3.05, 3.63) is 60.2 Å². The summed E-state index contributed by atoms with van der Waals surface area (Å²) in [6, 6.07) is 17.2. The van der Waals surface area contributed by atoms with Crippen LogP contribution in [-0.4, -0.2) is 56.0 Å². The molecule has 2 aromatic rings. The zero-order valence-corrected chi connectivity index (χ0v) is 14.8. The molecule has 3 rings (SSSR count). The van der Waals surface area contributed by atoms with Crippen molar-refractivity contribution in [2.24, 2.45) is 0 Å². The van der Waals surface area contributed by atoms with E-state index in [2.05, 4.69) is 22.2 Å². The van der Waals surface area contributed by atoms with Crippen molar-refractivity contribution < 1.29 is 9.53 Å². The van der Waals surface area contributed by atoms with Gasteiger partial charge in [0.1, 0.15) is 11.8 Å². The van der Waals surface area contributed by atoms with Gasteiger partial charge in [-0.05, 0) is 24.7 Å². The van der Waals surface area contributed by atoms with E-state index in [-0.39, 0.29) is 11.9 Å². The Kier molecular flexibility index (Phi) is 5.68. The largest absolute Gasteiger partial charge is 0.497 e. The van der Waals surface area contributed by atoms with Crippen LogP contribution in [-0.2, 0) is 4.79 Å². The van der Waals surface area contributed by atoms with Gasteiger partial charge in [0.05, 0.1) is 7.11 Å². The summed E-state index contributed by atoms with van der Waals surface area (Å²) in [4.78, 5) is 17.6. The molecule has 0 radical (unpaired) electrons. The van der Waals surface area contributed by atoms with Gasteiger partial charge < -0.3 is 15.0 Å². The van der Waals surface area contributed by atoms with Crippen molar-refractivity contribution in [3.63, 3.8) is 0 Å². The lowest BCUT2D eigenvalue weighted by atomic mass is 10.0. The number of anilines is 1. The number of carbonyl (C=O) groups is 1. The summed E-state index contributed by atoms with van der Waals surface area (Å²) in [5.74, 6) is 0.720. The Bertz CT molecular complexity index is 697. The number of likely N-dealkylation sites (N-methyl/N-ethyl adjacent to an activating group) is 1.